The summed E-state index contributed by atoms with van der Waals surface area (Å²) in [7, 11) is 0. The van der Waals surface area contributed by atoms with Crippen LogP contribution in [0.15, 0.2) is 0 Å². The second-order valence-electron chi connectivity index (χ2n) is 3.38. The molecule has 1 N–H and O–H groups in total. The highest BCUT2D eigenvalue weighted by molar-refractivity contribution is 5.98. The molecule has 1 saturated heterocycles. The van der Waals surface area contributed by atoms with Gasteiger partial charge < -0.3 is 5.11 Å². The fourth-order valence-electron chi connectivity index (χ4n) is 1.40. The number of hydrogen-bond acceptors (Lipinski definition) is 3. The molecular formula is C10H19NO3. The van der Waals surface area contributed by atoms with Crippen LogP contribution in [0.2, 0.25) is 0 Å². The van der Waals surface area contributed by atoms with Crippen molar-refractivity contribution < 1.29 is 14.7 Å². The Morgan fingerprint density at radius 3 is 1.93 bits per heavy atom. The van der Waals surface area contributed by atoms with E-state index < -0.39 is 5.60 Å². The average Bonchev–Trinajstić information content (AvgIpc) is 2.05. The fraction of sp³-hybridized carbons (Fsp3) is 0.800. The molecule has 2 amide bonds. The average molecular weight is 201 g/mol. The van der Waals surface area contributed by atoms with Crippen LogP contribution < -0.4 is 0 Å². The van der Waals surface area contributed by atoms with E-state index in [4.69, 9.17) is 0 Å². The molecule has 4 nitrogen and oxygen atoms in total. The van der Waals surface area contributed by atoms with E-state index in [1.54, 1.807) is 6.92 Å². The molecule has 0 aliphatic carbocycles. The molecule has 1 rings (SSSR count). The number of carbonyl (C=O) groups excluding carboxylic acids is 2. The Kier molecular flexibility index (Phi) is 4.77. The van der Waals surface area contributed by atoms with E-state index in [0.717, 1.165) is 0 Å². The summed E-state index contributed by atoms with van der Waals surface area (Å²) < 4.78 is 0. The number of nitrogens with zero attached hydrogens (tertiary/aromatic N) is 1. The third-order valence-electron chi connectivity index (χ3n) is 1.98. The van der Waals surface area contributed by atoms with Crippen LogP contribution in [0.1, 0.15) is 40.5 Å². The zero-order chi connectivity index (χ0) is 11.4. The van der Waals surface area contributed by atoms with Crippen molar-refractivity contribution >= 4 is 11.8 Å². The molecular weight excluding hydrogens is 182 g/mol. The predicted octanol–water partition coefficient (Wildman–Crippen LogP) is 0.933. The first kappa shape index (κ1) is 13.1. The molecule has 1 heterocycles. The van der Waals surface area contributed by atoms with Gasteiger partial charge in [-0.25, -0.2) is 0 Å². The van der Waals surface area contributed by atoms with Crippen LogP contribution in [0.25, 0.3) is 0 Å². The van der Waals surface area contributed by atoms with Crippen molar-refractivity contribution in [3.05, 3.63) is 0 Å². The summed E-state index contributed by atoms with van der Waals surface area (Å²) in [6, 6.07) is 0. The van der Waals surface area contributed by atoms with Gasteiger partial charge in [0.1, 0.15) is 0 Å². The maximum atomic E-state index is 11.2. The van der Waals surface area contributed by atoms with Gasteiger partial charge in [0.05, 0.1) is 18.4 Å². The molecule has 4 heteroatoms. The summed E-state index contributed by atoms with van der Waals surface area (Å²) in [6.07, 6.45) is 0.0964. The first-order valence-electron chi connectivity index (χ1n) is 5.02. The summed E-state index contributed by atoms with van der Waals surface area (Å²) in [5.74, 6) is -0.558. The van der Waals surface area contributed by atoms with Gasteiger partial charge in [-0.15, -0.1) is 0 Å². The number of piperidine rings is 1. The maximum Gasteiger partial charge on any atom is 0.232 e. The van der Waals surface area contributed by atoms with Crippen LogP contribution in [0, 0.1) is 0 Å². The smallest absolute Gasteiger partial charge is 0.232 e. The Bertz CT molecular complexity index is 203. The molecule has 0 unspecified atom stereocenters. The second-order valence-corrected chi connectivity index (χ2v) is 3.38. The van der Waals surface area contributed by atoms with Gasteiger partial charge in [-0.05, 0) is 13.8 Å². The number of imide groups is 1. The van der Waals surface area contributed by atoms with Crippen molar-refractivity contribution in [1.82, 2.24) is 4.90 Å². The van der Waals surface area contributed by atoms with Crippen LogP contribution in [-0.4, -0.2) is 34.0 Å². The van der Waals surface area contributed by atoms with Gasteiger partial charge in [-0.2, -0.15) is 0 Å². The van der Waals surface area contributed by atoms with E-state index in [0.29, 0.717) is 6.54 Å². The fourth-order valence-corrected chi connectivity index (χ4v) is 1.40. The Morgan fingerprint density at radius 2 is 1.64 bits per heavy atom. The molecule has 1 aliphatic rings. The van der Waals surface area contributed by atoms with Gasteiger partial charge in [-0.3, -0.25) is 14.5 Å². The predicted molar refractivity (Wildman–Crippen MR) is 53.6 cm³/mol. The number of rotatable bonds is 1. The third-order valence-corrected chi connectivity index (χ3v) is 1.98. The Morgan fingerprint density at radius 1 is 1.29 bits per heavy atom. The minimum Gasteiger partial charge on any atom is -0.389 e. The lowest BCUT2D eigenvalue weighted by atomic mass is 9.93. The Balaban J connectivity index is 0.000000791. The second kappa shape index (κ2) is 5.10. The summed E-state index contributed by atoms with van der Waals surface area (Å²) in [4.78, 5) is 23.6. The van der Waals surface area contributed by atoms with Gasteiger partial charge in [0.2, 0.25) is 11.8 Å². The van der Waals surface area contributed by atoms with Gasteiger partial charge >= 0.3 is 0 Å². The van der Waals surface area contributed by atoms with Gasteiger partial charge in [-0.1, -0.05) is 13.8 Å². The van der Waals surface area contributed by atoms with Crippen LogP contribution in [0.5, 0.6) is 0 Å². The highest BCUT2D eigenvalue weighted by atomic mass is 16.3. The molecule has 0 atom stereocenters. The van der Waals surface area contributed by atoms with Crippen LogP contribution >= 0.6 is 0 Å². The Labute approximate surface area is 84.9 Å². The van der Waals surface area contributed by atoms with Gasteiger partial charge in [0.25, 0.3) is 0 Å². The molecule has 82 valence electrons. The van der Waals surface area contributed by atoms with E-state index in [2.05, 4.69) is 0 Å². The standard InChI is InChI=1S/C8H13NO3.C2H6/c1-3-9-6(10)4-8(2,12)5-7(9)11;1-2/h12H,3-5H2,1-2H3;1-2H3. The van der Waals surface area contributed by atoms with Crippen molar-refractivity contribution in [3.63, 3.8) is 0 Å². The SMILES string of the molecule is CC.CCN1C(=O)CC(C)(O)CC1=O. The quantitative estimate of drug-likeness (QED) is 0.642. The summed E-state index contributed by atoms with van der Waals surface area (Å²) in [5.41, 5.74) is -1.14. The zero-order valence-electron chi connectivity index (χ0n) is 9.33. The normalized spacial score (nSPS) is 20.2. The minimum atomic E-state index is -1.14. The van der Waals surface area contributed by atoms with Crippen LogP contribution in [0.4, 0.5) is 0 Å². The van der Waals surface area contributed by atoms with Crippen molar-refractivity contribution in [2.45, 2.75) is 46.1 Å². The van der Waals surface area contributed by atoms with Gasteiger partial charge in [0, 0.05) is 6.54 Å². The summed E-state index contributed by atoms with van der Waals surface area (Å²) in [5, 5.41) is 9.46. The first-order chi connectivity index (χ1) is 6.46. The van der Waals surface area contributed by atoms with E-state index in [1.165, 1.54) is 11.8 Å². The number of amides is 2. The molecule has 0 aromatic carbocycles. The number of likely N-dealkylation sites (tertiary alicyclic amines) is 1. The molecule has 0 bridgehead atoms. The molecule has 0 aromatic rings. The number of hydrogen-bond donors (Lipinski definition) is 1. The minimum absolute atomic E-state index is 0.0482. The molecule has 0 aromatic heterocycles. The van der Waals surface area contributed by atoms with Crippen molar-refractivity contribution in [2.24, 2.45) is 0 Å². The van der Waals surface area contributed by atoms with Crippen molar-refractivity contribution in [2.75, 3.05) is 6.54 Å². The summed E-state index contributed by atoms with van der Waals surface area (Å²) in [6.45, 7) is 7.65. The lowest BCUT2D eigenvalue weighted by Crippen LogP contribution is -2.49. The van der Waals surface area contributed by atoms with E-state index in [9.17, 15) is 14.7 Å². The van der Waals surface area contributed by atoms with E-state index in [1.807, 2.05) is 13.8 Å². The monoisotopic (exact) mass is 201 g/mol. The first-order valence-corrected chi connectivity index (χ1v) is 5.02. The van der Waals surface area contributed by atoms with Crippen LogP contribution in [0.3, 0.4) is 0 Å². The largest absolute Gasteiger partial charge is 0.389 e. The molecule has 14 heavy (non-hydrogen) atoms. The molecule has 0 saturated carbocycles. The maximum absolute atomic E-state index is 11.2. The summed E-state index contributed by atoms with van der Waals surface area (Å²) >= 11 is 0. The topological polar surface area (TPSA) is 57.6 Å². The Hall–Kier alpha value is -0.900. The molecule has 1 fully saturated rings. The zero-order valence-corrected chi connectivity index (χ0v) is 9.33. The lowest BCUT2D eigenvalue weighted by Gasteiger charge is -2.32. The van der Waals surface area contributed by atoms with E-state index >= 15 is 0 Å². The molecule has 0 spiro atoms. The van der Waals surface area contributed by atoms with Gasteiger partial charge in [0.15, 0.2) is 0 Å². The molecule has 0 radical (unpaired) electrons. The van der Waals surface area contributed by atoms with Crippen molar-refractivity contribution in [3.8, 4) is 0 Å². The van der Waals surface area contributed by atoms with Crippen molar-refractivity contribution in [1.29, 1.82) is 0 Å². The highest BCUT2D eigenvalue weighted by Gasteiger charge is 2.38. The number of carbonyl (C=O) groups is 2. The lowest BCUT2D eigenvalue weighted by molar-refractivity contribution is -0.156. The molecule has 1 aliphatic heterocycles. The van der Waals surface area contributed by atoms with E-state index in [-0.39, 0.29) is 24.7 Å². The number of aliphatic hydroxyl groups is 1. The van der Waals surface area contributed by atoms with Crippen LogP contribution in [-0.2, 0) is 9.59 Å². The highest BCUT2D eigenvalue weighted by Crippen LogP contribution is 2.22. The third kappa shape index (κ3) is 3.10.